The number of primary amides is 1. The van der Waals surface area contributed by atoms with Crippen molar-refractivity contribution in [3.8, 4) is 0 Å². The predicted octanol–water partition coefficient (Wildman–Crippen LogP) is 3.30. The van der Waals surface area contributed by atoms with E-state index >= 15 is 0 Å². The van der Waals surface area contributed by atoms with Crippen LogP contribution in [0.2, 0.25) is 25.7 Å². The summed E-state index contributed by atoms with van der Waals surface area (Å²) in [5.41, 5.74) is 9.40. The van der Waals surface area contributed by atoms with Crippen LogP contribution >= 0.6 is 0 Å². The highest BCUT2D eigenvalue weighted by atomic mass is 28.3. The Labute approximate surface area is 133 Å². The Hall–Kier alpha value is -1.62. The van der Waals surface area contributed by atoms with Gasteiger partial charge in [-0.1, -0.05) is 31.8 Å². The van der Waals surface area contributed by atoms with Gasteiger partial charge in [0.2, 0.25) is 5.91 Å². The lowest BCUT2D eigenvalue weighted by atomic mass is 9.89. The first-order valence-electron chi connectivity index (χ1n) is 7.66. The fourth-order valence-corrected chi connectivity index (χ4v) is 3.77. The number of carbonyl (C=O) groups excluding carboxylic acids is 1. The highest BCUT2D eigenvalue weighted by Crippen LogP contribution is 2.27. The molecule has 0 bridgehead atoms. The molecule has 5 heteroatoms. The van der Waals surface area contributed by atoms with Gasteiger partial charge in [-0.05, 0) is 48.9 Å². The molecule has 0 saturated heterocycles. The summed E-state index contributed by atoms with van der Waals surface area (Å²) in [6.45, 7) is 10.6. The van der Waals surface area contributed by atoms with Crippen molar-refractivity contribution in [2.45, 2.75) is 58.8 Å². The van der Waals surface area contributed by atoms with E-state index in [1.165, 1.54) is 0 Å². The molecule has 0 spiro atoms. The van der Waals surface area contributed by atoms with E-state index in [1.54, 1.807) is 0 Å². The third kappa shape index (κ3) is 4.98. The van der Waals surface area contributed by atoms with Gasteiger partial charge < -0.3 is 10.8 Å². The molecule has 0 aliphatic carbocycles. The van der Waals surface area contributed by atoms with E-state index in [4.69, 9.17) is 5.73 Å². The molecule has 0 aliphatic heterocycles. The number of rotatable bonds is 7. The summed E-state index contributed by atoms with van der Waals surface area (Å²) in [5, 5.41) is 9.44. The van der Waals surface area contributed by atoms with Crippen LogP contribution in [0.3, 0.4) is 0 Å². The van der Waals surface area contributed by atoms with Crippen LogP contribution in [-0.4, -0.2) is 25.1 Å². The Morgan fingerprint density at radius 3 is 2.23 bits per heavy atom. The summed E-state index contributed by atoms with van der Waals surface area (Å²) in [5.74, 6) is -1.21. The molecule has 122 valence electrons. The topological polar surface area (TPSA) is 80.4 Å². The maximum atomic E-state index is 11.5. The summed E-state index contributed by atoms with van der Waals surface area (Å²) in [6, 6.07) is 3.01. The second kappa shape index (κ2) is 7.09. The third-order valence-corrected chi connectivity index (χ3v) is 5.73. The number of carboxylic acids is 1. The van der Waals surface area contributed by atoms with Gasteiger partial charge in [-0.2, -0.15) is 0 Å². The van der Waals surface area contributed by atoms with Gasteiger partial charge in [-0.3, -0.25) is 4.79 Å². The van der Waals surface area contributed by atoms with E-state index in [9.17, 15) is 14.7 Å². The van der Waals surface area contributed by atoms with Crippen LogP contribution < -0.4 is 5.73 Å². The van der Waals surface area contributed by atoms with E-state index in [0.717, 1.165) is 34.7 Å². The Kier molecular flexibility index (Phi) is 5.94. The Balaban J connectivity index is 3.29. The van der Waals surface area contributed by atoms with Gasteiger partial charge in [0.05, 0.1) is 5.56 Å². The quantitative estimate of drug-likeness (QED) is 0.756. The monoisotopic (exact) mass is 321 g/mol. The van der Waals surface area contributed by atoms with Gasteiger partial charge in [-0.15, -0.1) is 0 Å². The average molecular weight is 321 g/mol. The maximum absolute atomic E-state index is 11.5. The molecule has 3 N–H and O–H groups in total. The summed E-state index contributed by atoms with van der Waals surface area (Å²) >= 11 is 0. The summed E-state index contributed by atoms with van der Waals surface area (Å²) in [6.07, 6.45) is 1.75. The zero-order valence-corrected chi connectivity index (χ0v) is 15.2. The molecular formula is C17H27NO3Si. The molecule has 0 fully saturated rings. The van der Waals surface area contributed by atoms with Crippen LogP contribution in [-0.2, 0) is 17.6 Å². The van der Waals surface area contributed by atoms with Gasteiger partial charge in [-0.25, -0.2) is 4.79 Å². The number of benzene rings is 1. The van der Waals surface area contributed by atoms with Crippen LogP contribution in [0.15, 0.2) is 6.07 Å². The van der Waals surface area contributed by atoms with Crippen molar-refractivity contribution >= 4 is 20.0 Å². The molecular weight excluding hydrogens is 294 g/mol. The number of carbonyl (C=O) groups is 2. The van der Waals surface area contributed by atoms with Gasteiger partial charge in [0.25, 0.3) is 0 Å². The predicted molar refractivity (Wildman–Crippen MR) is 92.2 cm³/mol. The lowest BCUT2D eigenvalue weighted by molar-refractivity contribution is -0.118. The zero-order valence-electron chi connectivity index (χ0n) is 14.2. The molecule has 0 heterocycles. The van der Waals surface area contributed by atoms with Crippen LogP contribution in [0.5, 0.6) is 0 Å². The van der Waals surface area contributed by atoms with Crippen molar-refractivity contribution in [1.82, 2.24) is 0 Å². The fraction of sp³-hybridized carbons (Fsp3) is 0.529. The largest absolute Gasteiger partial charge is 0.478 e. The Bertz CT molecular complexity index is 589. The third-order valence-electron chi connectivity index (χ3n) is 3.98. The van der Waals surface area contributed by atoms with Gasteiger partial charge in [0.15, 0.2) is 0 Å². The molecule has 0 unspecified atom stereocenters. The van der Waals surface area contributed by atoms with Crippen molar-refractivity contribution in [2.24, 2.45) is 5.73 Å². The SMILES string of the molecule is Cc1cc(CCC(N)=O)c(CC[Si](C)(C)C)c(C)c1C(=O)O. The van der Waals surface area contributed by atoms with Crippen molar-refractivity contribution in [2.75, 3.05) is 0 Å². The van der Waals surface area contributed by atoms with Crippen molar-refractivity contribution < 1.29 is 14.7 Å². The summed E-state index contributed by atoms with van der Waals surface area (Å²) in [7, 11) is -1.23. The average Bonchev–Trinajstić information content (AvgIpc) is 2.33. The minimum absolute atomic E-state index is 0.297. The van der Waals surface area contributed by atoms with Crippen LogP contribution in [0.4, 0.5) is 0 Å². The molecule has 0 aromatic heterocycles. The number of amides is 1. The molecule has 22 heavy (non-hydrogen) atoms. The fourth-order valence-electron chi connectivity index (χ4n) is 2.77. The van der Waals surface area contributed by atoms with E-state index in [2.05, 4.69) is 19.6 Å². The van der Waals surface area contributed by atoms with Gasteiger partial charge in [0, 0.05) is 14.5 Å². The standard InChI is InChI=1S/C17H27NO3Si/c1-11-10-13(6-7-15(18)19)14(8-9-22(3,4)5)12(2)16(11)17(20)21/h10H,6-9H2,1-5H3,(H2,18,19)(H,20,21). The maximum Gasteiger partial charge on any atom is 0.336 e. The van der Waals surface area contributed by atoms with Crippen molar-refractivity contribution in [1.29, 1.82) is 0 Å². The van der Waals surface area contributed by atoms with Gasteiger partial charge in [0.1, 0.15) is 0 Å². The van der Waals surface area contributed by atoms with Gasteiger partial charge >= 0.3 is 5.97 Å². The number of carboxylic acid groups (broad SMARTS) is 1. The lowest BCUT2D eigenvalue weighted by Crippen LogP contribution is -2.21. The zero-order chi connectivity index (χ0) is 17.1. The molecule has 1 aromatic rings. The number of aryl methyl sites for hydroxylation is 2. The van der Waals surface area contributed by atoms with Crippen LogP contribution in [0.1, 0.15) is 39.0 Å². The highest BCUT2D eigenvalue weighted by Gasteiger charge is 2.20. The van der Waals surface area contributed by atoms with Crippen molar-refractivity contribution in [3.63, 3.8) is 0 Å². The van der Waals surface area contributed by atoms with E-state index in [-0.39, 0.29) is 5.91 Å². The molecule has 1 amide bonds. The minimum Gasteiger partial charge on any atom is -0.478 e. The number of hydrogen-bond acceptors (Lipinski definition) is 2. The molecule has 1 aromatic carbocycles. The number of hydrogen-bond donors (Lipinski definition) is 2. The first kappa shape index (κ1) is 18.4. The first-order valence-corrected chi connectivity index (χ1v) is 11.4. The van der Waals surface area contributed by atoms with E-state index < -0.39 is 14.0 Å². The minimum atomic E-state index is -1.23. The van der Waals surface area contributed by atoms with E-state index in [1.807, 2.05) is 19.9 Å². The first-order chi connectivity index (χ1) is 10.0. The smallest absolute Gasteiger partial charge is 0.336 e. The lowest BCUT2D eigenvalue weighted by Gasteiger charge is -2.21. The Morgan fingerprint density at radius 1 is 1.18 bits per heavy atom. The molecule has 4 nitrogen and oxygen atoms in total. The second-order valence-electron chi connectivity index (χ2n) is 7.16. The highest BCUT2D eigenvalue weighted by molar-refractivity contribution is 6.76. The normalized spacial score (nSPS) is 11.5. The van der Waals surface area contributed by atoms with E-state index in [0.29, 0.717) is 18.4 Å². The summed E-state index contributed by atoms with van der Waals surface area (Å²) in [4.78, 5) is 22.6. The van der Waals surface area contributed by atoms with Crippen LogP contribution in [0.25, 0.3) is 0 Å². The van der Waals surface area contributed by atoms with Crippen molar-refractivity contribution in [3.05, 3.63) is 33.9 Å². The molecule has 0 radical (unpaired) electrons. The number of nitrogens with two attached hydrogens (primary N) is 1. The molecule has 1 rings (SSSR count). The molecule has 0 aliphatic rings. The molecule has 0 atom stereocenters. The van der Waals surface area contributed by atoms with Crippen LogP contribution in [0, 0.1) is 13.8 Å². The molecule has 0 saturated carbocycles. The number of aromatic carboxylic acids is 1. The summed E-state index contributed by atoms with van der Waals surface area (Å²) < 4.78 is 0. The second-order valence-corrected chi connectivity index (χ2v) is 12.8. The Morgan fingerprint density at radius 2 is 1.77 bits per heavy atom.